The van der Waals surface area contributed by atoms with Gasteiger partial charge in [-0.05, 0) is 61.2 Å². The molecule has 0 fully saturated rings. The van der Waals surface area contributed by atoms with Crippen molar-refractivity contribution >= 4 is 28.5 Å². The van der Waals surface area contributed by atoms with Crippen molar-refractivity contribution in [3.8, 4) is 0 Å². The highest BCUT2D eigenvalue weighted by Gasteiger charge is 2.21. The first-order chi connectivity index (χ1) is 13.0. The van der Waals surface area contributed by atoms with Crippen LogP contribution in [0.4, 0.5) is 0 Å². The Morgan fingerprint density at radius 2 is 2.00 bits per heavy atom. The number of fused-ring (bicyclic) bond motifs is 2. The monoisotopic (exact) mass is 360 g/mol. The number of nitrogens with zero attached hydrogens (tertiary/aromatic N) is 2. The first kappa shape index (κ1) is 17.2. The van der Waals surface area contributed by atoms with Crippen LogP contribution in [0.1, 0.15) is 39.3 Å². The molecule has 2 aromatic carbocycles. The number of hydrogen-bond acceptors (Lipinski definition) is 4. The van der Waals surface area contributed by atoms with Crippen LogP contribution in [0.5, 0.6) is 0 Å². The molecule has 27 heavy (non-hydrogen) atoms. The summed E-state index contributed by atoms with van der Waals surface area (Å²) in [5.41, 5.74) is 5.42. The van der Waals surface area contributed by atoms with Crippen molar-refractivity contribution in [3.63, 3.8) is 0 Å². The fourth-order valence-electron chi connectivity index (χ4n) is 3.50. The van der Waals surface area contributed by atoms with E-state index >= 15 is 0 Å². The second kappa shape index (κ2) is 6.50. The molecular formula is C22H20N2O3. The Bertz CT molecular complexity index is 1170. The number of esters is 1. The summed E-state index contributed by atoms with van der Waals surface area (Å²) in [6.07, 6.45) is 2.89. The summed E-state index contributed by atoms with van der Waals surface area (Å²) in [6.45, 7) is 4.74. The maximum absolute atomic E-state index is 12.9. The molecule has 0 amide bonds. The molecule has 0 atom stereocenters. The quantitative estimate of drug-likeness (QED) is 0.653. The average molecular weight is 360 g/mol. The van der Waals surface area contributed by atoms with Crippen LogP contribution in [-0.4, -0.2) is 22.6 Å². The topological polar surface area (TPSA) is 61.2 Å². The van der Waals surface area contributed by atoms with Crippen molar-refractivity contribution in [2.75, 3.05) is 7.11 Å². The molecule has 136 valence electrons. The van der Waals surface area contributed by atoms with E-state index in [1.807, 2.05) is 0 Å². The number of methoxy groups -OCH3 is 1. The third-order valence-electron chi connectivity index (χ3n) is 5.03. The van der Waals surface area contributed by atoms with Crippen molar-refractivity contribution in [1.29, 1.82) is 0 Å². The van der Waals surface area contributed by atoms with Crippen molar-refractivity contribution in [1.82, 2.24) is 9.55 Å². The van der Waals surface area contributed by atoms with Crippen LogP contribution in [0.25, 0.3) is 22.6 Å². The van der Waals surface area contributed by atoms with E-state index in [1.54, 1.807) is 22.8 Å². The lowest BCUT2D eigenvalue weighted by atomic mass is 10.0. The smallest absolute Gasteiger partial charge is 0.337 e. The molecule has 0 saturated carbocycles. The molecule has 3 aromatic rings. The zero-order valence-corrected chi connectivity index (χ0v) is 15.6. The van der Waals surface area contributed by atoms with E-state index in [-0.39, 0.29) is 5.56 Å². The van der Waals surface area contributed by atoms with Crippen LogP contribution in [-0.2, 0) is 11.3 Å². The van der Waals surface area contributed by atoms with Crippen LogP contribution in [0.2, 0.25) is 0 Å². The van der Waals surface area contributed by atoms with Gasteiger partial charge in [0.05, 0.1) is 23.6 Å². The number of aromatic nitrogens is 2. The van der Waals surface area contributed by atoms with Crippen LogP contribution in [0, 0.1) is 13.8 Å². The van der Waals surface area contributed by atoms with Gasteiger partial charge in [-0.3, -0.25) is 9.36 Å². The number of ether oxygens (including phenoxy) is 1. The SMILES string of the molecule is COC(=O)c1ccc2nc3n(c(=O)c2c1)CCC3=Cc1cc(C)ccc1C. The van der Waals surface area contributed by atoms with E-state index in [2.05, 4.69) is 38.1 Å². The Kier molecular flexibility index (Phi) is 4.15. The summed E-state index contributed by atoms with van der Waals surface area (Å²) < 4.78 is 6.44. The molecule has 1 aromatic heterocycles. The Morgan fingerprint density at radius 1 is 1.19 bits per heavy atom. The molecule has 0 aliphatic carbocycles. The van der Waals surface area contributed by atoms with Crippen LogP contribution < -0.4 is 5.56 Å². The number of aryl methyl sites for hydroxylation is 2. The van der Waals surface area contributed by atoms with Gasteiger partial charge in [0.2, 0.25) is 0 Å². The Balaban J connectivity index is 1.87. The predicted molar refractivity (Wildman–Crippen MR) is 106 cm³/mol. The lowest BCUT2D eigenvalue weighted by Gasteiger charge is -2.08. The third-order valence-corrected chi connectivity index (χ3v) is 5.03. The van der Waals surface area contributed by atoms with Crippen molar-refractivity contribution < 1.29 is 9.53 Å². The minimum absolute atomic E-state index is 0.120. The maximum atomic E-state index is 12.9. The minimum atomic E-state index is -0.461. The van der Waals surface area contributed by atoms with E-state index in [4.69, 9.17) is 9.72 Å². The molecule has 2 heterocycles. The summed E-state index contributed by atoms with van der Waals surface area (Å²) >= 11 is 0. The van der Waals surface area contributed by atoms with Gasteiger partial charge in [0.25, 0.3) is 5.56 Å². The fourth-order valence-corrected chi connectivity index (χ4v) is 3.50. The largest absolute Gasteiger partial charge is 0.465 e. The second-order valence-electron chi connectivity index (χ2n) is 6.90. The Hall–Kier alpha value is -3.21. The van der Waals surface area contributed by atoms with Crippen molar-refractivity contribution in [2.24, 2.45) is 0 Å². The van der Waals surface area contributed by atoms with Gasteiger partial charge in [0.15, 0.2) is 0 Å². The molecule has 5 nitrogen and oxygen atoms in total. The van der Waals surface area contributed by atoms with Gasteiger partial charge >= 0.3 is 5.97 Å². The van der Waals surface area contributed by atoms with Gasteiger partial charge < -0.3 is 4.74 Å². The van der Waals surface area contributed by atoms with E-state index in [9.17, 15) is 9.59 Å². The van der Waals surface area contributed by atoms with Crippen LogP contribution in [0.3, 0.4) is 0 Å². The second-order valence-corrected chi connectivity index (χ2v) is 6.90. The Morgan fingerprint density at radius 3 is 2.78 bits per heavy atom. The molecule has 1 aliphatic rings. The molecule has 1 aliphatic heterocycles. The predicted octanol–water partition coefficient (Wildman–Crippen LogP) is 3.74. The number of hydrogen-bond donors (Lipinski definition) is 0. The third kappa shape index (κ3) is 2.95. The zero-order chi connectivity index (χ0) is 19.1. The summed E-state index contributed by atoms with van der Waals surface area (Å²) in [6, 6.07) is 11.3. The number of benzene rings is 2. The minimum Gasteiger partial charge on any atom is -0.465 e. The molecule has 5 heteroatoms. The average Bonchev–Trinajstić information content (AvgIpc) is 3.07. The molecule has 0 saturated heterocycles. The van der Waals surface area contributed by atoms with E-state index in [0.717, 1.165) is 17.6 Å². The lowest BCUT2D eigenvalue weighted by Crippen LogP contribution is -2.21. The zero-order valence-electron chi connectivity index (χ0n) is 15.6. The lowest BCUT2D eigenvalue weighted by molar-refractivity contribution is 0.0601. The van der Waals surface area contributed by atoms with Gasteiger partial charge in [-0.15, -0.1) is 0 Å². The molecule has 4 rings (SSSR count). The van der Waals surface area contributed by atoms with Crippen molar-refractivity contribution in [2.45, 2.75) is 26.8 Å². The summed E-state index contributed by atoms with van der Waals surface area (Å²) in [7, 11) is 1.32. The number of allylic oxidation sites excluding steroid dienone is 1. The number of carbonyl (C=O) groups is 1. The van der Waals surface area contributed by atoms with Gasteiger partial charge in [0.1, 0.15) is 5.82 Å². The summed E-state index contributed by atoms with van der Waals surface area (Å²) in [5.74, 6) is 0.247. The first-order valence-electron chi connectivity index (χ1n) is 8.89. The van der Waals surface area contributed by atoms with Gasteiger partial charge in [-0.25, -0.2) is 9.78 Å². The van der Waals surface area contributed by atoms with E-state index in [0.29, 0.717) is 28.8 Å². The van der Waals surface area contributed by atoms with Gasteiger partial charge in [-0.1, -0.05) is 23.8 Å². The summed E-state index contributed by atoms with van der Waals surface area (Å²) in [5, 5.41) is 0.439. The van der Waals surface area contributed by atoms with Gasteiger partial charge in [0, 0.05) is 6.54 Å². The fraction of sp³-hybridized carbons (Fsp3) is 0.227. The number of rotatable bonds is 2. The maximum Gasteiger partial charge on any atom is 0.337 e. The highest BCUT2D eigenvalue weighted by molar-refractivity contribution is 5.94. The van der Waals surface area contributed by atoms with Crippen molar-refractivity contribution in [3.05, 3.63) is 74.8 Å². The molecule has 0 spiro atoms. The van der Waals surface area contributed by atoms with Crippen LogP contribution >= 0.6 is 0 Å². The molecular weight excluding hydrogens is 340 g/mol. The van der Waals surface area contributed by atoms with Crippen LogP contribution in [0.15, 0.2) is 41.2 Å². The summed E-state index contributed by atoms with van der Waals surface area (Å²) in [4.78, 5) is 29.4. The Labute approximate surface area is 156 Å². The molecule has 0 radical (unpaired) electrons. The van der Waals surface area contributed by atoms with E-state index < -0.39 is 5.97 Å². The van der Waals surface area contributed by atoms with E-state index in [1.165, 1.54) is 18.2 Å². The number of carbonyl (C=O) groups excluding carboxylic acids is 1. The highest BCUT2D eigenvalue weighted by atomic mass is 16.5. The normalized spacial score (nSPS) is 14.6. The first-order valence-corrected chi connectivity index (χ1v) is 8.89. The standard InChI is InChI=1S/C22H20N2O3/c1-13-4-5-14(2)17(10-13)11-15-8-9-24-20(15)23-19-7-6-16(22(26)27-3)12-18(19)21(24)25/h4-7,10-12H,8-9H2,1-3H3. The molecule has 0 bridgehead atoms. The molecule has 0 unspecified atom stereocenters. The van der Waals surface area contributed by atoms with Gasteiger partial charge in [-0.2, -0.15) is 0 Å². The highest BCUT2D eigenvalue weighted by Crippen LogP contribution is 2.28. The molecule has 0 N–H and O–H groups in total.